The number of rotatable bonds is 5. The summed E-state index contributed by atoms with van der Waals surface area (Å²) in [5, 5.41) is 3.31. The standard InChI is InChI=1S/C13H25N3O/c1-11(12-3-4-12)9-14-10-13(17)16-7-5-15(2)6-8-16/h11-12,14H,3-10H2,1-2H3. The van der Waals surface area contributed by atoms with Crippen LogP contribution in [0.4, 0.5) is 0 Å². The summed E-state index contributed by atoms with van der Waals surface area (Å²) in [7, 11) is 2.11. The summed E-state index contributed by atoms with van der Waals surface area (Å²) in [5.74, 6) is 1.91. The summed E-state index contributed by atoms with van der Waals surface area (Å²) in [6.07, 6.45) is 2.77. The summed E-state index contributed by atoms with van der Waals surface area (Å²) < 4.78 is 0. The fourth-order valence-corrected chi connectivity index (χ4v) is 2.41. The Balaban J connectivity index is 1.59. The van der Waals surface area contributed by atoms with Gasteiger partial charge in [-0.2, -0.15) is 0 Å². The molecule has 1 unspecified atom stereocenters. The molecule has 1 aliphatic carbocycles. The zero-order valence-electron chi connectivity index (χ0n) is 11.1. The van der Waals surface area contributed by atoms with Crippen LogP contribution < -0.4 is 5.32 Å². The molecule has 0 aromatic carbocycles. The first-order valence-corrected chi connectivity index (χ1v) is 6.84. The molecule has 0 aromatic heterocycles. The lowest BCUT2D eigenvalue weighted by Crippen LogP contribution is -2.49. The Morgan fingerprint density at radius 3 is 2.53 bits per heavy atom. The molecule has 1 saturated heterocycles. The molecule has 0 aromatic rings. The number of hydrogen-bond donors (Lipinski definition) is 1. The SMILES string of the molecule is CC(CNCC(=O)N1CCN(C)CC1)C1CC1. The van der Waals surface area contributed by atoms with Gasteiger partial charge in [0.05, 0.1) is 6.54 Å². The van der Waals surface area contributed by atoms with E-state index >= 15 is 0 Å². The largest absolute Gasteiger partial charge is 0.339 e. The van der Waals surface area contributed by atoms with Crippen LogP contribution in [-0.4, -0.2) is 62.0 Å². The fourth-order valence-electron chi connectivity index (χ4n) is 2.41. The first-order valence-electron chi connectivity index (χ1n) is 6.84. The highest BCUT2D eigenvalue weighted by atomic mass is 16.2. The highest BCUT2D eigenvalue weighted by Crippen LogP contribution is 2.35. The van der Waals surface area contributed by atoms with Gasteiger partial charge in [-0.1, -0.05) is 6.92 Å². The van der Waals surface area contributed by atoms with Crippen molar-refractivity contribution in [2.75, 3.05) is 46.3 Å². The summed E-state index contributed by atoms with van der Waals surface area (Å²) in [6.45, 7) is 7.56. The molecule has 0 radical (unpaired) electrons. The molecule has 2 aliphatic rings. The Morgan fingerprint density at radius 2 is 1.94 bits per heavy atom. The zero-order chi connectivity index (χ0) is 12.3. The van der Waals surface area contributed by atoms with Crippen molar-refractivity contribution in [3.05, 3.63) is 0 Å². The van der Waals surface area contributed by atoms with Crippen molar-refractivity contribution in [3.8, 4) is 0 Å². The smallest absolute Gasteiger partial charge is 0.236 e. The van der Waals surface area contributed by atoms with Gasteiger partial charge in [-0.15, -0.1) is 0 Å². The normalized spacial score (nSPS) is 23.8. The number of amides is 1. The van der Waals surface area contributed by atoms with Crippen LogP contribution in [0.3, 0.4) is 0 Å². The molecule has 2 rings (SSSR count). The molecule has 98 valence electrons. The van der Waals surface area contributed by atoms with Crippen molar-refractivity contribution < 1.29 is 4.79 Å². The minimum absolute atomic E-state index is 0.265. The average Bonchev–Trinajstić information content (AvgIpc) is 3.13. The minimum atomic E-state index is 0.265. The summed E-state index contributed by atoms with van der Waals surface area (Å²) in [5.41, 5.74) is 0. The molecule has 0 spiro atoms. The van der Waals surface area contributed by atoms with E-state index in [1.165, 1.54) is 12.8 Å². The van der Waals surface area contributed by atoms with Gasteiger partial charge in [0.15, 0.2) is 0 Å². The molecule has 4 heteroatoms. The first kappa shape index (κ1) is 12.8. The van der Waals surface area contributed by atoms with Crippen LogP contribution in [0.15, 0.2) is 0 Å². The van der Waals surface area contributed by atoms with Gasteiger partial charge in [-0.3, -0.25) is 4.79 Å². The maximum atomic E-state index is 11.9. The Labute approximate surface area is 104 Å². The average molecular weight is 239 g/mol. The van der Waals surface area contributed by atoms with Gasteiger partial charge >= 0.3 is 0 Å². The Hall–Kier alpha value is -0.610. The zero-order valence-corrected chi connectivity index (χ0v) is 11.1. The van der Waals surface area contributed by atoms with Crippen molar-refractivity contribution >= 4 is 5.91 Å². The van der Waals surface area contributed by atoms with Crippen LogP contribution in [0.25, 0.3) is 0 Å². The molecule has 0 bridgehead atoms. The second kappa shape index (κ2) is 5.83. The second-order valence-electron chi connectivity index (χ2n) is 5.63. The van der Waals surface area contributed by atoms with E-state index in [4.69, 9.17) is 0 Å². The van der Waals surface area contributed by atoms with Crippen molar-refractivity contribution in [3.63, 3.8) is 0 Å². The summed E-state index contributed by atoms with van der Waals surface area (Å²) in [6, 6.07) is 0. The van der Waals surface area contributed by atoms with Crippen molar-refractivity contribution in [1.82, 2.24) is 15.1 Å². The number of likely N-dealkylation sites (N-methyl/N-ethyl adjacent to an activating group) is 1. The molecule has 1 N–H and O–H groups in total. The minimum Gasteiger partial charge on any atom is -0.339 e. The van der Waals surface area contributed by atoms with Gasteiger partial charge in [0, 0.05) is 26.2 Å². The van der Waals surface area contributed by atoms with Crippen LogP contribution in [0, 0.1) is 11.8 Å². The fraction of sp³-hybridized carbons (Fsp3) is 0.923. The monoisotopic (exact) mass is 239 g/mol. The number of carbonyl (C=O) groups excluding carboxylic acids is 1. The molecule has 1 atom stereocenters. The predicted octanol–water partition coefficient (Wildman–Crippen LogP) is 0.396. The van der Waals surface area contributed by atoms with E-state index in [0.29, 0.717) is 6.54 Å². The lowest BCUT2D eigenvalue weighted by atomic mass is 10.1. The number of hydrogen-bond acceptors (Lipinski definition) is 3. The first-order chi connectivity index (χ1) is 8.16. The maximum absolute atomic E-state index is 11.9. The Morgan fingerprint density at radius 1 is 1.29 bits per heavy atom. The molecule has 2 fully saturated rings. The van der Waals surface area contributed by atoms with E-state index in [1.807, 2.05) is 4.90 Å². The van der Waals surface area contributed by atoms with E-state index in [0.717, 1.165) is 44.6 Å². The third-order valence-corrected chi connectivity index (χ3v) is 4.03. The quantitative estimate of drug-likeness (QED) is 0.754. The molecular weight excluding hydrogens is 214 g/mol. The van der Waals surface area contributed by atoms with E-state index in [1.54, 1.807) is 0 Å². The third kappa shape index (κ3) is 3.96. The van der Waals surface area contributed by atoms with E-state index in [-0.39, 0.29) is 5.91 Å². The van der Waals surface area contributed by atoms with Gasteiger partial charge in [0.1, 0.15) is 0 Å². The van der Waals surface area contributed by atoms with Crippen molar-refractivity contribution in [2.45, 2.75) is 19.8 Å². The molecule has 1 aliphatic heterocycles. The summed E-state index contributed by atoms with van der Waals surface area (Å²) >= 11 is 0. The van der Waals surface area contributed by atoms with Gasteiger partial charge in [0.2, 0.25) is 5.91 Å². The molecular formula is C13H25N3O. The van der Waals surface area contributed by atoms with Crippen LogP contribution >= 0.6 is 0 Å². The highest BCUT2D eigenvalue weighted by molar-refractivity contribution is 5.78. The van der Waals surface area contributed by atoms with E-state index < -0.39 is 0 Å². The topological polar surface area (TPSA) is 35.6 Å². The molecule has 4 nitrogen and oxygen atoms in total. The highest BCUT2D eigenvalue weighted by Gasteiger charge is 2.27. The predicted molar refractivity (Wildman–Crippen MR) is 68.8 cm³/mol. The third-order valence-electron chi connectivity index (χ3n) is 4.03. The van der Waals surface area contributed by atoms with E-state index in [2.05, 4.69) is 24.2 Å². The number of nitrogens with one attached hydrogen (secondary N) is 1. The van der Waals surface area contributed by atoms with Crippen LogP contribution in [0.2, 0.25) is 0 Å². The van der Waals surface area contributed by atoms with Crippen molar-refractivity contribution in [1.29, 1.82) is 0 Å². The summed E-state index contributed by atoms with van der Waals surface area (Å²) in [4.78, 5) is 16.2. The Kier molecular flexibility index (Phi) is 4.40. The van der Waals surface area contributed by atoms with Gasteiger partial charge in [0.25, 0.3) is 0 Å². The molecule has 1 amide bonds. The number of carbonyl (C=O) groups is 1. The van der Waals surface area contributed by atoms with Crippen LogP contribution in [0.5, 0.6) is 0 Å². The molecule has 1 saturated carbocycles. The van der Waals surface area contributed by atoms with Gasteiger partial charge in [-0.05, 0) is 38.3 Å². The lowest BCUT2D eigenvalue weighted by Gasteiger charge is -2.32. The Bertz CT molecular complexity index is 257. The maximum Gasteiger partial charge on any atom is 0.236 e. The van der Waals surface area contributed by atoms with Gasteiger partial charge < -0.3 is 15.1 Å². The van der Waals surface area contributed by atoms with Crippen molar-refractivity contribution in [2.24, 2.45) is 11.8 Å². The van der Waals surface area contributed by atoms with Gasteiger partial charge in [-0.25, -0.2) is 0 Å². The number of piperazine rings is 1. The second-order valence-corrected chi connectivity index (χ2v) is 5.63. The molecule has 1 heterocycles. The van der Waals surface area contributed by atoms with Crippen LogP contribution in [0.1, 0.15) is 19.8 Å². The van der Waals surface area contributed by atoms with E-state index in [9.17, 15) is 4.79 Å². The number of nitrogens with zero attached hydrogens (tertiary/aromatic N) is 2. The molecule has 17 heavy (non-hydrogen) atoms. The lowest BCUT2D eigenvalue weighted by molar-refractivity contribution is -0.131. The van der Waals surface area contributed by atoms with Crippen LogP contribution in [-0.2, 0) is 4.79 Å².